The standard InChI is InChI=1S/C19H30N4OS2/c1-20-18(21-8-14-26-17-5-3-2-4-6-17)22-15-19(7-13-25-16-19)23-9-11-24-12-10-23/h2-6H,7-16H2,1H3,(H2,20,21,22). The van der Waals surface area contributed by atoms with Gasteiger partial charge in [0.15, 0.2) is 5.96 Å². The molecule has 0 bridgehead atoms. The second-order valence-electron chi connectivity index (χ2n) is 6.64. The Morgan fingerprint density at radius 1 is 1.27 bits per heavy atom. The van der Waals surface area contributed by atoms with E-state index in [0.29, 0.717) is 0 Å². The highest BCUT2D eigenvalue weighted by Gasteiger charge is 2.40. The second-order valence-corrected chi connectivity index (χ2v) is 8.91. The Kier molecular flexibility index (Phi) is 7.98. The molecular formula is C19H30N4OS2. The molecule has 5 nitrogen and oxygen atoms in total. The van der Waals surface area contributed by atoms with E-state index in [2.05, 4.69) is 62.6 Å². The van der Waals surface area contributed by atoms with Crippen molar-refractivity contribution < 1.29 is 4.74 Å². The molecule has 2 aliphatic heterocycles. The second kappa shape index (κ2) is 10.4. The van der Waals surface area contributed by atoms with Gasteiger partial charge >= 0.3 is 0 Å². The van der Waals surface area contributed by atoms with Gasteiger partial charge in [-0.15, -0.1) is 11.8 Å². The van der Waals surface area contributed by atoms with Gasteiger partial charge in [0.25, 0.3) is 0 Å². The van der Waals surface area contributed by atoms with Gasteiger partial charge in [0.05, 0.1) is 13.2 Å². The number of ether oxygens (including phenoxy) is 1. The summed E-state index contributed by atoms with van der Waals surface area (Å²) in [6, 6.07) is 10.5. The molecule has 0 saturated carbocycles. The number of rotatable bonds is 7. The average Bonchev–Trinajstić information content (AvgIpc) is 3.19. The summed E-state index contributed by atoms with van der Waals surface area (Å²) in [5.41, 5.74) is 0.241. The summed E-state index contributed by atoms with van der Waals surface area (Å²) in [5.74, 6) is 4.37. The van der Waals surface area contributed by atoms with E-state index in [1.165, 1.54) is 22.8 Å². The molecule has 2 N–H and O–H groups in total. The first kappa shape index (κ1) is 19.9. The van der Waals surface area contributed by atoms with E-state index >= 15 is 0 Å². The first-order valence-corrected chi connectivity index (χ1v) is 11.5. The minimum atomic E-state index is 0.241. The normalized spacial score (nSPS) is 24.6. The van der Waals surface area contributed by atoms with Crippen molar-refractivity contribution in [1.29, 1.82) is 0 Å². The molecule has 7 heteroatoms. The van der Waals surface area contributed by atoms with Gasteiger partial charge in [-0.1, -0.05) is 18.2 Å². The maximum atomic E-state index is 5.55. The monoisotopic (exact) mass is 394 g/mol. The summed E-state index contributed by atoms with van der Waals surface area (Å²) in [5, 5.41) is 7.03. The van der Waals surface area contributed by atoms with Crippen molar-refractivity contribution >= 4 is 29.5 Å². The van der Waals surface area contributed by atoms with Crippen LogP contribution in [0.15, 0.2) is 40.2 Å². The molecule has 0 amide bonds. The van der Waals surface area contributed by atoms with E-state index in [9.17, 15) is 0 Å². The molecule has 1 unspecified atom stereocenters. The number of thioether (sulfide) groups is 2. The van der Waals surface area contributed by atoms with E-state index in [4.69, 9.17) is 4.74 Å². The third kappa shape index (κ3) is 5.55. The first-order chi connectivity index (χ1) is 12.8. The van der Waals surface area contributed by atoms with Gasteiger partial charge in [0.2, 0.25) is 0 Å². The number of morpholine rings is 1. The molecule has 144 valence electrons. The van der Waals surface area contributed by atoms with Gasteiger partial charge in [-0.3, -0.25) is 9.89 Å². The lowest BCUT2D eigenvalue weighted by Gasteiger charge is -2.43. The van der Waals surface area contributed by atoms with Crippen LogP contribution < -0.4 is 10.6 Å². The van der Waals surface area contributed by atoms with Gasteiger partial charge in [0.1, 0.15) is 0 Å². The Labute approximate surface area is 165 Å². The molecule has 2 heterocycles. The largest absolute Gasteiger partial charge is 0.379 e. The van der Waals surface area contributed by atoms with Crippen molar-refractivity contribution in [3.63, 3.8) is 0 Å². The third-order valence-corrected chi connectivity index (χ3v) is 7.23. The van der Waals surface area contributed by atoms with Gasteiger partial charge in [-0.25, -0.2) is 0 Å². The summed E-state index contributed by atoms with van der Waals surface area (Å²) in [4.78, 5) is 8.34. The Morgan fingerprint density at radius 3 is 2.77 bits per heavy atom. The van der Waals surface area contributed by atoms with E-state index in [1.54, 1.807) is 0 Å². The molecule has 1 atom stereocenters. The summed E-state index contributed by atoms with van der Waals surface area (Å²) >= 11 is 3.93. The molecule has 0 aliphatic carbocycles. The van der Waals surface area contributed by atoms with Crippen LogP contribution in [-0.4, -0.2) is 80.1 Å². The van der Waals surface area contributed by atoms with Gasteiger partial charge < -0.3 is 15.4 Å². The van der Waals surface area contributed by atoms with Gasteiger partial charge in [-0.05, 0) is 24.3 Å². The molecule has 2 saturated heterocycles. The van der Waals surface area contributed by atoms with Crippen molar-refractivity contribution in [2.24, 2.45) is 4.99 Å². The predicted octanol–water partition coefficient (Wildman–Crippen LogP) is 2.15. The zero-order valence-electron chi connectivity index (χ0n) is 15.6. The predicted molar refractivity (Wildman–Crippen MR) is 114 cm³/mol. The van der Waals surface area contributed by atoms with Crippen LogP contribution in [-0.2, 0) is 4.74 Å². The lowest BCUT2D eigenvalue weighted by Crippen LogP contribution is -2.60. The van der Waals surface area contributed by atoms with E-state index in [-0.39, 0.29) is 5.54 Å². The molecule has 3 rings (SSSR count). The average molecular weight is 395 g/mol. The summed E-state index contributed by atoms with van der Waals surface area (Å²) in [6.45, 7) is 5.65. The Bertz CT molecular complexity index is 558. The number of nitrogens with one attached hydrogen (secondary N) is 2. The maximum Gasteiger partial charge on any atom is 0.191 e. The van der Waals surface area contributed by atoms with Crippen LogP contribution in [0.2, 0.25) is 0 Å². The lowest BCUT2D eigenvalue weighted by molar-refractivity contribution is -0.0120. The van der Waals surface area contributed by atoms with Crippen LogP contribution in [0.25, 0.3) is 0 Å². The summed E-state index contributed by atoms with van der Waals surface area (Å²) in [6.07, 6.45) is 1.24. The van der Waals surface area contributed by atoms with Crippen LogP contribution in [0, 0.1) is 0 Å². The van der Waals surface area contributed by atoms with Crippen LogP contribution >= 0.6 is 23.5 Å². The van der Waals surface area contributed by atoms with Crippen molar-refractivity contribution in [3.05, 3.63) is 30.3 Å². The number of hydrogen-bond donors (Lipinski definition) is 2. The highest BCUT2D eigenvalue weighted by Crippen LogP contribution is 2.33. The molecule has 1 aromatic carbocycles. The lowest BCUT2D eigenvalue weighted by atomic mass is 9.95. The SMILES string of the molecule is CN=C(NCCSc1ccccc1)NCC1(N2CCOCC2)CCSC1. The topological polar surface area (TPSA) is 48.9 Å². The fourth-order valence-electron chi connectivity index (χ4n) is 3.46. The van der Waals surface area contributed by atoms with Crippen molar-refractivity contribution in [2.75, 3.05) is 63.7 Å². The molecule has 2 aliphatic rings. The van der Waals surface area contributed by atoms with E-state index in [1.807, 2.05) is 18.8 Å². The molecular weight excluding hydrogens is 364 g/mol. The summed E-state index contributed by atoms with van der Waals surface area (Å²) in [7, 11) is 1.85. The van der Waals surface area contributed by atoms with Crippen LogP contribution in [0.3, 0.4) is 0 Å². The molecule has 0 spiro atoms. The van der Waals surface area contributed by atoms with Gasteiger partial charge in [-0.2, -0.15) is 11.8 Å². The van der Waals surface area contributed by atoms with Gasteiger partial charge in [0, 0.05) is 55.2 Å². The zero-order chi connectivity index (χ0) is 18.1. The Balaban J connectivity index is 1.43. The fraction of sp³-hybridized carbons (Fsp3) is 0.632. The minimum absolute atomic E-state index is 0.241. The first-order valence-electron chi connectivity index (χ1n) is 9.35. The van der Waals surface area contributed by atoms with E-state index < -0.39 is 0 Å². The smallest absolute Gasteiger partial charge is 0.191 e. The van der Waals surface area contributed by atoms with Crippen molar-refractivity contribution in [1.82, 2.24) is 15.5 Å². The van der Waals surface area contributed by atoms with Crippen molar-refractivity contribution in [2.45, 2.75) is 16.9 Å². The molecule has 2 fully saturated rings. The fourth-order valence-corrected chi connectivity index (χ4v) is 5.73. The number of benzene rings is 1. The molecule has 1 aromatic rings. The third-order valence-electron chi connectivity index (χ3n) is 4.98. The number of guanidine groups is 1. The van der Waals surface area contributed by atoms with E-state index in [0.717, 1.165) is 51.1 Å². The Morgan fingerprint density at radius 2 is 2.08 bits per heavy atom. The molecule has 0 radical (unpaired) electrons. The number of nitrogens with zero attached hydrogens (tertiary/aromatic N) is 2. The maximum absolute atomic E-state index is 5.55. The van der Waals surface area contributed by atoms with Crippen molar-refractivity contribution in [3.8, 4) is 0 Å². The quantitative estimate of drug-likeness (QED) is 0.320. The zero-order valence-corrected chi connectivity index (χ0v) is 17.2. The summed E-state index contributed by atoms with van der Waals surface area (Å²) < 4.78 is 5.55. The minimum Gasteiger partial charge on any atom is -0.379 e. The number of hydrogen-bond acceptors (Lipinski definition) is 5. The molecule has 26 heavy (non-hydrogen) atoms. The number of aliphatic imine (C=N–C) groups is 1. The molecule has 0 aromatic heterocycles. The highest BCUT2D eigenvalue weighted by atomic mass is 32.2. The Hall–Kier alpha value is -0.890. The highest BCUT2D eigenvalue weighted by molar-refractivity contribution is 7.99. The van der Waals surface area contributed by atoms with Crippen LogP contribution in [0.1, 0.15) is 6.42 Å². The van der Waals surface area contributed by atoms with Crippen LogP contribution in [0.5, 0.6) is 0 Å². The van der Waals surface area contributed by atoms with Crippen LogP contribution in [0.4, 0.5) is 0 Å².